The van der Waals surface area contributed by atoms with Gasteiger partial charge in [0.25, 0.3) is 5.56 Å². The standard InChI is InChI=1S/C27H36FN5O6/c1-6-13-39-30-12-10-20-16-32(27(36)33(26(20)35)19(4)25(34)31-18(2)3)17-24(38-14-7-11-29)22-15-21(28)8-9-23(22)37-5/h6,8-9,15-16,18-19,24,30H,1,7,10,12-14,17H2,2-5H3,(H,31,34). The average Bonchev–Trinajstić information content (AvgIpc) is 2.89. The highest BCUT2D eigenvalue weighted by Crippen LogP contribution is 2.30. The summed E-state index contributed by atoms with van der Waals surface area (Å²) in [5, 5.41) is 11.7. The molecule has 1 heterocycles. The van der Waals surface area contributed by atoms with Crippen LogP contribution in [0.15, 0.2) is 46.6 Å². The van der Waals surface area contributed by atoms with Crippen molar-refractivity contribution in [1.82, 2.24) is 19.9 Å². The Morgan fingerprint density at radius 2 is 2.03 bits per heavy atom. The Balaban J connectivity index is 2.59. The lowest BCUT2D eigenvalue weighted by atomic mass is 10.1. The zero-order valence-electron chi connectivity index (χ0n) is 22.7. The van der Waals surface area contributed by atoms with Crippen molar-refractivity contribution in [3.8, 4) is 11.8 Å². The Bertz CT molecular complexity index is 1280. The lowest BCUT2D eigenvalue weighted by Gasteiger charge is -2.23. The summed E-state index contributed by atoms with van der Waals surface area (Å²) in [5.74, 6) is -0.704. The molecule has 1 amide bonds. The number of nitrogens with zero attached hydrogens (tertiary/aromatic N) is 3. The summed E-state index contributed by atoms with van der Waals surface area (Å²) in [4.78, 5) is 44.9. The van der Waals surface area contributed by atoms with Gasteiger partial charge in [0.1, 0.15) is 23.7 Å². The van der Waals surface area contributed by atoms with Crippen molar-refractivity contribution >= 4 is 5.91 Å². The van der Waals surface area contributed by atoms with Crippen LogP contribution in [0.3, 0.4) is 0 Å². The predicted octanol–water partition coefficient (Wildman–Crippen LogP) is 2.16. The number of nitriles is 1. The second-order valence-electron chi connectivity index (χ2n) is 9.00. The van der Waals surface area contributed by atoms with E-state index in [2.05, 4.69) is 17.4 Å². The molecule has 0 aliphatic rings. The molecule has 0 saturated heterocycles. The fourth-order valence-electron chi connectivity index (χ4n) is 3.84. The molecular weight excluding hydrogens is 509 g/mol. The number of rotatable bonds is 16. The second kappa shape index (κ2) is 15.6. The lowest BCUT2D eigenvalue weighted by Crippen LogP contribution is -2.48. The molecule has 1 aromatic carbocycles. The van der Waals surface area contributed by atoms with Gasteiger partial charge in [0.2, 0.25) is 5.91 Å². The van der Waals surface area contributed by atoms with Crippen LogP contribution in [0.5, 0.6) is 5.75 Å². The van der Waals surface area contributed by atoms with Crippen LogP contribution in [0.1, 0.15) is 50.5 Å². The fourth-order valence-corrected chi connectivity index (χ4v) is 3.84. The molecule has 2 aromatic rings. The van der Waals surface area contributed by atoms with Gasteiger partial charge in [-0.05, 0) is 45.4 Å². The van der Waals surface area contributed by atoms with E-state index in [0.29, 0.717) is 11.3 Å². The number of carbonyl (C=O) groups is 1. The summed E-state index contributed by atoms with van der Waals surface area (Å²) in [7, 11) is 1.42. The maximum atomic E-state index is 14.2. The minimum atomic E-state index is -1.11. The SMILES string of the molecule is C=CCONCCc1cn(CC(OCCC#N)c2cc(F)ccc2OC)c(=O)n(C(C)C(=O)NC(C)C)c1=O. The topological polar surface area (TPSA) is 137 Å². The van der Waals surface area contributed by atoms with E-state index in [1.165, 1.54) is 43.0 Å². The summed E-state index contributed by atoms with van der Waals surface area (Å²) >= 11 is 0. The maximum Gasteiger partial charge on any atom is 0.331 e. The third kappa shape index (κ3) is 8.88. The van der Waals surface area contributed by atoms with E-state index in [-0.39, 0.29) is 50.8 Å². The minimum Gasteiger partial charge on any atom is -0.496 e. The third-order valence-corrected chi connectivity index (χ3v) is 5.69. The van der Waals surface area contributed by atoms with Crippen LogP contribution in [0.4, 0.5) is 4.39 Å². The Kier molecular flexibility index (Phi) is 12.6. The second-order valence-corrected chi connectivity index (χ2v) is 9.00. The van der Waals surface area contributed by atoms with Gasteiger partial charge in [-0.2, -0.15) is 5.26 Å². The smallest absolute Gasteiger partial charge is 0.331 e. The summed E-state index contributed by atoms with van der Waals surface area (Å²) in [6, 6.07) is 4.58. The first-order valence-corrected chi connectivity index (χ1v) is 12.6. The van der Waals surface area contributed by atoms with Gasteiger partial charge in [0.15, 0.2) is 0 Å². The Labute approximate surface area is 226 Å². The van der Waals surface area contributed by atoms with Crippen molar-refractivity contribution in [1.29, 1.82) is 5.26 Å². The van der Waals surface area contributed by atoms with Crippen LogP contribution in [0.25, 0.3) is 0 Å². The van der Waals surface area contributed by atoms with Crippen LogP contribution in [0.2, 0.25) is 0 Å². The number of hydrogen-bond acceptors (Lipinski definition) is 8. The normalized spacial score (nSPS) is 12.5. The molecule has 12 heteroatoms. The molecule has 0 radical (unpaired) electrons. The highest BCUT2D eigenvalue weighted by atomic mass is 19.1. The van der Waals surface area contributed by atoms with Crippen molar-refractivity contribution in [3.63, 3.8) is 0 Å². The number of hydrogen-bond donors (Lipinski definition) is 2. The van der Waals surface area contributed by atoms with Crippen LogP contribution in [-0.2, 0) is 27.3 Å². The molecule has 11 nitrogen and oxygen atoms in total. The van der Waals surface area contributed by atoms with Gasteiger partial charge in [-0.1, -0.05) is 6.08 Å². The highest BCUT2D eigenvalue weighted by Gasteiger charge is 2.25. The molecule has 0 saturated carbocycles. The molecule has 0 spiro atoms. The molecule has 2 unspecified atom stereocenters. The molecule has 2 atom stereocenters. The van der Waals surface area contributed by atoms with Crippen LogP contribution < -0.4 is 26.8 Å². The van der Waals surface area contributed by atoms with Gasteiger partial charge < -0.3 is 14.8 Å². The first-order chi connectivity index (χ1) is 18.6. The molecule has 39 heavy (non-hydrogen) atoms. The number of benzene rings is 1. The molecular formula is C27H36FN5O6. The van der Waals surface area contributed by atoms with Gasteiger partial charge in [0, 0.05) is 29.9 Å². The van der Waals surface area contributed by atoms with E-state index in [1.807, 2.05) is 6.07 Å². The predicted molar refractivity (Wildman–Crippen MR) is 143 cm³/mol. The Morgan fingerprint density at radius 1 is 1.28 bits per heavy atom. The maximum absolute atomic E-state index is 14.2. The van der Waals surface area contributed by atoms with Gasteiger partial charge in [-0.25, -0.2) is 19.2 Å². The zero-order chi connectivity index (χ0) is 28.9. The van der Waals surface area contributed by atoms with E-state index in [1.54, 1.807) is 19.9 Å². The number of carbonyl (C=O) groups excluding carboxylic acids is 1. The lowest BCUT2D eigenvalue weighted by molar-refractivity contribution is -0.124. The van der Waals surface area contributed by atoms with E-state index >= 15 is 0 Å². The molecule has 1 aromatic heterocycles. The number of ether oxygens (including phenoxy) is 2. The highest BCUT2D eigenvalue weighted by molar-refractivity contribution is 5.80. The van der Waals surface area contributed by atoms with Crippen molar-refractivity contribution in [2.45, 2.75) is 58.3 Å². The molecule has 0 aliphatic carbocycles. The van der Waals surface area contributed by atoms with E-state index in [4.69, 9.17) is 19.6 Å². The van der Waals surface area contributed by atoms with Gasteiger partial charge >= 0.3 is 5.69 Å². The van der Waals surface area contributed by atoms with Crippen LogP contribution >= 0.6 is 0 Å². The number of nitrogens with one attached hydrogen (secondary N) is 2. The van der Waals surface area contributed by atoms with E-state index < -0.39 is 35.1 Å². The van der Waals surface area contributed by atoms with Crippen LogP contribution in [-0.4, -0.2) is 48.0 Å². The van der Waals surface area contributed by atoms with Gasteiger partial charge in [0.05, 0.1) is 39.4 Å². The number of halogens is 1. The van der Waals surface area contributed by atoms with Crippen molar-refractivity contribution in [2.75, 3.05) is 26.9 Å². The molecule has 2 N–H and O–H groups in total. The summed E-state index contributed by atoms with van der Waals surface area (Å²) in [6.07, 6.45) is 2.29. The third-order valence-electron chi connectivity index (χ3n) is 5.69. The molecule has 0 fully saturated rings. The summed E-state index contributed by atoms with van der Waals surface area (Å²) in [6.45, 7) is 8.94. The van der Waals surface area contributed by atoms with Gasteiger partial charge in [-0.3, -0.25) is 19.0 Å². The molecule has 0 bridgehead atoms. The first kappa shape index (κ1) is 31.4. The molecule has 2 rings (SSSR count). The first-order valence-electron chi connectivity index (χ1n) is 12.6. The largest absolute Gasteiger partial charge is 0.496 e. The number of methoxy groups -OCH3 is 1. The summed E-state index contributed by atoms with van der Waals surface area (Å²) in [5.41, 5.74) is 1.93. The number of hydroxylamine groups is 1. The summed E-state index contributed by atoms with van der Waals surface area (Å²) < 4.78 is 27.6. The van der Waals surface area contributed by atoms with Crippen molar-refractivity contribution in [3.05, 3.63) is 74.8 Å². The molecule has 0 aliphatic heterocycles. The Hall–Kier alpha value is -3.79. The van der Waals surface area contributed by atoms with E-state index in [9.17, 15) is 18.8 Å². The average molecular weight is 546 g/mol. The van der Waals surface area contributed by atoms with Crippen LogP contribution in [0, 0.1) is 17.1 Å². The number of amides is 1. The number of aromatic nitrogens is 2. The Morgan fingerprint density at radius 3 is 2.67 bits per heavy atom. The van der Waals surface area contributed by atoms with E-state index in [0.717, 1.165) is 4.57 Å². The monoisotopic (exact) mass is 545 g/mol. The van der Waals surface area contributed by atoms with Gasteiger partial charge in [-0.15, -0.1) is 6.58 Å². The zero-order valence-corrected chi connectivity index (χ0v) is 22.7. The van der Waals surface area contributed by atoms with Crippen molar-refractivity contribution in [2.24, 2.45) is 0 Å². The minimum absolute atomic E-state index is 0.0137. The molecule has 212 valence electrons. The quantitative estimate of drug-likeness (QED) is 0.186. The van der Waals surface area contributed by atoms with Crippen molar-refractivity contribution < 1.29 is 23.5 Å². The fraction of sp³-hybridized carbons (Fsp3) is 0.481.